The number of amides is 2. The lowest BCUT2D eigenvalue weighted by molar-refractivity contribution is 0.0365. The SMILES string of the molecule is CCCCCOc1cc(N2CCCN(Cc3ccnc4c3c(Cl)cn4CCN3CCOCC3)C2=O)ccc1OC. The summed E-state index contributed by atoms with van der Waals surface area (Å²) in [7, 11) is 1.64. The first-order chi connectivity index (χ1) is 19.6. The molecule has 0 atom stereocenters. The summed E-state index contributed by atoms with van der Waals surface area (Å²) in [6.45, 7) is 9.77. The van der Waals surface area contributed by atoms with E-state index in [4.69, 9.17) is 25.8 Å². The fourth-order valence-corrected chi connectivity index (χ4v) is 5.78. The summed E-state index contributed by atoms with van der Waals surface area (Å²) in [6, 6.07) is 7.67. The Morgan fingerprint density at radius 1 is 1.05 bits per heavy atom. The third-order valence-electron chi connectivity index (χ3n) is 7.69. The first-order valence-corrected chi connectivity index (χ1v) is 14.8. The van der Waals surface area contributed by atoms with E-state index in [1.54, 1.807) is 7.11 Å². The summed E-state index contributed by atoms with van der Waals surface area (Å²) in [6.07, 6.45) is 7.88. The topological polar surface area (TPSA) is 72.3 Å². The number of urea groups is 1. The van der Waals surface area contributed by atoms with Crippen LogP contribution in [0.5, 0.6) is 11.5 Å². The maximum atomic E-state index is 13.7. The predicted molar refractivity (Wildman–Crippen MR) is 158 cm³/mol. The van der Waals surface area contributed by atoms with Gasteiger partial charge in [0.1, 0.15) is 5.65 Å². The highest BCUT2D eigenvalue weighted by molar-refractivity contribution is 6.35. The van der Waals surface area contributed by atoms with Crippen LogP contribution in [-0.4, -0.2) is 85.0 Å². The highest BCUT2D eigenvalue weighted by Crippen LogP contribution is 2.34. The lowest BCUT2D eigenvalue weighted by Crippen LogP contribution is -2.49. The van der Waals surface area contributed by atoms with Crippen molar-refractivity contribution in [2.45, 2.75) is 45.7 Å². The number of rotatable bonds is 12. The summed E-state index contributed by atoms with van der Waals surface area (Å²) >= 11 is 6.76. The average Bonchev–Trinajstić information content (AvgIpc) is 3.31. The van der Waals surface area contributed by atoms with Crippen molar-refractivity contribution in [1.29, 1.82) is 0 Å². The van der Waals surface area contributed by atoms with Crippen LogP contribution in [0.2, 0.25) is 5.02 Å². The van der Waals surface area contributed by atoms with Gasteiger partial charge in [0.05, 0.1) is 32.0 Å². The number of hydrogen-bond donors (Lipinski definition) is 0. The predicted octanol–water partition coefficient (Wildman–Crippen LogP) is 5.43. The molecular formula is C30H40ClN5O4. The van der Waals surface area contributed by atoms with Gasteiger partial charge < -0.3 is 23.7 Å². The minimum Gasteiger partial charge on any atom is -0.493 e. The molecule has 2 aliphatic rings. The number of pyridine rings is 1. The highest BCUT2D eigenvalue weighted by Gasteiger charge is 2.28. The van der Waals surface area contributed by atoms with Crippen LogP contribution in [0.4, 0.5) is 10.5 Å². The van der Waals surface area contributed by atoms with E-state index in [2.05, 4.69) is 21.4 Å². The number of halogens is 1. The van der Waals surface area contributed by atoms with Gasteiger partial charge in [-0.25, -0.2) is 9.78 Å². The Hall–Kier alpha value is -3.01. The van der Waals surface area contributed by atoms with Crippen LogP contribution in [-0.2, 0) is 17.8 Å². The van der Waals surface area contributed by atoms with Crippen LogP contribution in [0, 0.1) is 0 Å². The number of nitrogens with zero attached hydrogens (tertiary/aromatic N) is 5. The van der Waals surface area contributed by atoms with Crippen molar-refractivity contribution < 1.29 is 19.0 Å². The molecule has 3 aromatic rings. The maximum absolute atomic E-state index is 13.7. The van der Waals surface area contributed by atoms with Crippen LogP contribution in [0.3, 0.4) is 0 Å². The molecule has 2 saturated heterocycles. The van der Waals surface area contributed by atoms with Gasteiger partial charge in [0.2, 0.25) is 0 Å². The molecule has 0 aliphatic carbocycles. The molecule has 40 heavy (non-hydrogen) atoms. The number of morpholine rings is 1. The number of carbonyl (C=O) groups is 1. The van der Waals surface area contributed by atoms with Crippen LogP contribution in [0.15, 0.2) is 36.7 Å². The minimum absolute atomic E-state index is 0.0267. The summed E-state index contributed by atoms with van der Waals surface area (Å²) in [5.74, 6) is 1.34. The van der Waals surface area contributed by atoms with E-state index in [9.17, 15) is 4.79 Å². The molecule has 2 aromatic heterocycles. The molecule has 2 fully saturated rings. The van der Waals surface area contributed by atoms with Gasteiger partial charge in [0, 0.05) is 75.3 Å². The first-order valence-electron chi connectivity index (χ1n) is 14.4. The molecule has 10 heteroatoms. The molecule has 5 rings (SSSR count). The Kier molecular flexibility index (Phi) is 9.67. The number of anilines is 1. The van der Waals surface area contributed by atoms with Gasteiger partial charge in [-0.15, -0.1) is 0 Å². The van der Waals surface area contributed by atoms with Crippen molar-refractivity contribution in [3.8, 4) is 11.5 Å². The Labute approximate surface area is 241 Å². The molecule has 4 heterocycles. The number of aromatic nitrogens is 2. The zero-order chi connectivity index (χ0) is 27.9. The average molecular weight is 570 g/mol. The van der Waals surface area contributed by atoms with Crippen LogP contribution >= 0.6 is 11.6 Å². The third kappa shape index (κ3) is 6.48. The van der Waals surface area contributed by atoms with Gasteiger partial charge in [-0.2, -0.15) is 0 Å². The lowest BCUT2D eigenvalue weighted by atomic mass is 10.1. The fourth-order valence-electron chi connectivity index (χ4n) is 5.46. The monoisotopic (exact) mass is 569 g/mol. The van der Waals surface area contributed by atoms with Crippen LogP contribution in [0.25, 0.3) is 11.0 Å². The van der Waals surface area contributed by atoms with Crippen molar-refractivity contribution >= 4 is 34.4 Å². The smallest absolute Gasteiger partial charge is 0.324 e. The van der Waals surface area contributed by atoms with Crippen molar-refractivity contribution in [2.75, 3.05) is 64.6 Å². The molecule has 0 unspecified atom stereocenters. The van der Waals surface area contributed by atoms with Crippen LogP contribution in [0.1, 0.15) is 38.2 Å². The first kappa shape index (κ1) is 28.5. The number of hydrogen-bond acceptors (Lipinski definition) is 6. The molecule has 0 radical (unpaired) electrons. The highest BCUT2D eigenvalue weighted by atomic mass is 35.5. The van der Waals surface area contributed by atoms with Gasteiger partial charge in [-0.05, 0) is 36.6 Å². The van der Waals surface area contributed by atoms with Crippen molar-refractivity contribution in [2.24, 2.45) is 0 Å². The van der Waals surface area contributed by atoms with E-state index in [1.807, 2.05) is 46.5 Å². The Balaban J connectivity index is 1.31. The van der Waals surface area contributed by atoms with Gasteiger partial charge >= 0.3 is 6.03 Å². The molecule has 2 aliphatic heterocycles. The molecule has 0 bridgehead atoms. The van der Waals surface area contributed by atoms with E-state index in [1.165, 1.54) is 0 Å². The van der Waals surface area contributed by atoms with Gasteiger partial charge in [0.25, 0.3) is 0 Å². The molecule has 0 spiro atoms. The number of benzene rings is 1. The van der Waals surface area contributed by atoms with Crippen molar-refractivity contribution in [3.05, 3.63) is 47.2 Å². The Bertz CT molecular complexity index is 1290. The largest absolute Gasteiger partial charge is 0.493 e. The normalized spacial score (nSPS) is 16.6. The van der Waals surface area contributed by atoms with Gasteiger partial charge in [0.15, 0.2) is 11.5 Å². The Morgan fingerprint density at radius 3 is 2.70 bits per heavy atom. The summed E-state index contributed by atoms with van der Waals surface area (Å²) < 4.78 is 19.1. The van der Waals surface area contributed by atoms with Crippen LogP contribution < -0.4 is 14.4 Å². The van der Waals surface area contributed by atoms with Gasteiger partial charge in [-0.3, -0.25) is 9.80 Å². The van der Waals surface area contributed by atoms with Gasteiger partial charge in [-0.1, -0.05) is 31.4 Å². The zero-order valence-electron chi connectivity index (χ0n) is 23.6. The molecule has 9 nitrogen and oxygen atoms in total. The standard InChI is InChI=1S/C30H40ClN5O4/c1-3-4-5-17-40-27-20-24(7-8-26(27)38-2)36-12-6-11-35(30(36)37)21-23-9-10-32-29-28(23)25(31)22-34(29)14-13-33-15-18-39-19-16-33/h7-10,20,22H,3-6,11-19,21H2,1-2H3. The molecule has 216 valence electrons. The maximum Gasteiger partial charge on any atom is 0.324 e. The Morgan fingerprint density at radius 2 is 1.90 bits per heavy atom. The van der Waals surface area contributed by atoms with E-state index in [0.717, 1.165) is 87.4 Å². The second kappa shape index (κ2) is 13.6. The number of methoxy groups -OCH3 is 1. The molecule has 1 aromatic carbocycles. The second-order valence-corrected chi connectivity index (χ2v) is 10.8. The summed E-state index contributed by atoms with van der Waals surface area (Å²) in [4.78, 5) is 24.5. The zero-order valence-corrected chi connectivity index (χ0v) is 24.4. The van der Waals surface area contributed by atoms with E-state index < -0.39 is 0 Å². The molecule has 2 amide bonds. The summed E-state index contributed by atoms with van der Waals surface area (Å²) in [5.41, 5.74) is 2.68. The third-order valence-corrected chi connectivity index (χ3v) is 7.98. The number of unbranched alkanes of at least 4 members (excludes halogenated alkanes) is 2. The second-order valence-electron chi connectivity index (χ2n) is 10.4. The fraction of sp³-hybridized carbons (Fsp3) is 0.533. The molecular weight excluding hydrogens is 530 g/mol. The minimum atomic E-state index is -0.0267. The number of carbonyl (C=O) groups excluding carboxylic acids is 1. The van der Waals surface area contributed by atoms with E-state index in [0.29, 0.717) is 42.8 Å². The molecule has 0 N–H and O–H groups in total. The number of fused-ring (bicyclic) bond motifs is 1. The quantitative estimate of drug-likeness (QED) is 0.271. The summed E-state index contributed by atoms with van der Waals surface area (Å²) in [5, 5.41) is 1.59. The van der Waals surface area contributed by atoms with Crippen molar-refractivity contribution in [1.82, 2.24) is 19.4 Å². The van der Waals surface area contributed by atoms with E-state index >= 15 is 0 Å². The lowest BCUT2D eigenvalue weighted by Gasteiger charge is -2.36. The number of ether oxygens (including phenoxy) is 3. The molecule has 0 saturated carbocycles. The van der Waals surface area contributed by atoms with Crippen molar-refractivity contribution in [3.63, 3.8) is 0 Å². The van der Waals surface area contributed by atoms with E-state index in [-0.39, 0.29) is 6.03 Å².